The van der Waals surface area contributed by atoms with Crippen LogP contribution in [-0.2, 0) is 9.53 Å². The monoisotopic (exact) mass is 360 g/mol. The molecule has 146 valence electrons. The summed E-state index contributed by atoms with van der Waals surface area (Å²) in [5.74, 6) is -0.0788. The summed E-state index contributed by atoms with van der Waals surface area (Å²) in [5, 5.41) is 31.8. The van der Waals surface area contributed by atoms with E-state index < -0.39 is 30.5 Å². The third kappa shape index (κ3) is 7.55. The van der Waals surface area contributed by atoms with Crippen molar-refractivity contribution in [2.45, 2.75) is 75.9 Å². The molecule has 1 aliphatic rings. The molecule has 3 unspecified atom stereocenters. The van der Waals surface area contributed by atoms with Crippen LogP contribution in [0.1, 0.15) is 45.4 Å². The minimum atomic E-state index is -1.23. The number of nitrogens with two attached hydrogens (primary N) is 2. The quantitative estimate of drug-likeness (QED) is 0.158. The lowest BCUT2D eigenvalue weighted by Gasteiger charge is -2.41. The van der Waals surface area contributed by atoms with Gasteiger partial charge in [-0.1, -0.05) is 19.3 Å². The molecule has 0 aromatic carbocycles. The molecule has 0 bridgehead atoms. The lowest BCUT2D eigenvalue weighted by Crippen LogP contribution is -2.63. The molecule has 0 spiro atoms. The summed E-state index contributed by atoms with van der Waals surface area (Å²) in [6.45, 7) is 1.93. The van der Waals surface area contributed by atoms with Gasteiger partial charge in [-0.25, -0.2) is 0 Å². The van der Waals surface area contributed by atoms with Gasteiger partial charge in [-0.15, -0.1) is 0 Å². The number of aliphatic imine (C=N–C) groups is 1. The van der Waals surface area contributed by atoms with Crippen molar-refractivity contribution in [2.75, 3.05) is 13.2 Å². The molecule has 8 N–H and O–H groups in total. The maximum Gasteiger partial charge on any atom is 0.220 e. The van der Waals surface area contributed by atoms with Gasteiger partial charge in [-0.3, -0.25) is 9.79 Å². The van der Waals surface area contributed by atoms with Crippen LogP contribution in [0.4, 0.5) is 0 Å². The van der Waals surface area contributed by atoms with Crippen molar-refractivity contribution < 1.29 is 24.9 Å². The number of aliphatic hydroxyl groups excluding tert-OH is 3. The second-order valence-electron chi connectivity index (χ2n) is 6.46. The van der Waals surface area contributed by atoms with E-state index in [-0.39, 0.29) is 18.5 Å². The molecule has 0 radical (unpaired) electrons. The van der Waals surface area contributed by atoms with Gasteiger partial charge in [0.25, 0.3) is 0 Å². The number of amides is 1. The second-order valence-corrected chi connectivity index (χ2v) is 6.46. The minimum absolute atomic E-state index is 0.107. The fraction of sp³-hybridized carbons (Fsp3) is 0.875. The molecule has 9 nitrogen and oxygen atoms in total. The first-order valence-electron chi connectivity index (χ1n) is 8.84. The second kappa shape index (κ2) is 11.2. The van der Waals surface area contributed by atoms with Gasteiger partial charge in [0.15, 0.2) is 5.96 Å². The van der Waals surface area contributed by atoms with E-state index in [2.05, 4.69) is 10.3 Å². The maximum absolute atomic E-state index is 12.0. The summed E-state index contributed by atoms with van der Waals surface area (Å²) in [4.78, 5) is 15.9. The van der Waals surface area contributed by atoms with Gasteiger partial charge < -0.3 is 36.8 Å². The Bertz CT molecular complexity index is 431. The van der Waals surface area contributed by atoms with Crippen LogP contribution in [-0.4, -0.2) is 70.8 Å². The Morgan fingerprint density at radius 1 is 1.12 bits per heavy atom. The maximum atomic E-state index is 12.0. The predicted octanol–water partition coefficient (Wildman–Crippen LogP) is -1.41. The molecular formula is C16H32N4O5. The molecule has 1 rings (SSSR count). The summed E-state index contributed by atoms with van der Waals surface area (Å²) in [6.07, 6.45) is 1.21. The number of carbonyl (C=O) groups is 1. The Morgan fingerprint density at radius 2 is 1.76 bits per heavy atom. The van der Waals surface area contributed by atoms with E-state index in [1.807, 2.05) is 0 Å². The lowest BCUT2D eigenvalue weighted by atomic mass is 9.93. The highest BCUT2D eigenvalue weighted by Gasteiger charge is 2.42. The third-order valence-corrected chi connectivity index (χ3v) is 4.36. The smallest absolute Gasteiger partial charge is 0.220 e. The summed E-state index contributed by atoms with van der Waals surface area (Å²) in [7, 11) is 0. The van der Waals surface area contributed by atoms with Crippen LogP contribution >= 0.6 is 0 Å². The molecule has 1 amide bonds. The van der Waals surface area contributed by atoms with Gasteiger partial charge in [-0.2, -0.15) is 0 Å². The topological polar surface area (TPSA) is 163 Å². The van der Waals surface area contributed by atoms with Crippen LogP contribution in [0.15, 0.2) is 4.99 Å². The number of ether oxygens (including phenoxy) is 1. The molecule has 1 fully saturated rings. The summed E-state index contributed by atoms with van der Waals surface area (Å²) in [6, 6.07) is -0.690. The number of carbonyl (C=O) groups excluding carboxylic acids is 1. The van der Waals surface area contributed by atoms with Gasteiger partial charge in [0.1, 0.15) is 18.3 Å². The van der Waals surface area contributed by atoms with Crippen molar-refractivity contribution >= 4 is 11.9 Å². The molecule has 1 aliphatic heterocycles. The van der Waals surface area contributed by atoms with Crippen molar-refractivity contribution in [2.24, 2.45) is 16.5 Å². The first-order chi connectivity index (χ1) is 11.9. The van der Waals surface area contributed by atoms with E-state index in [1.54, 1.807) is 6.92 Å². The molecular weight excluding hydrogens is 328 g/mol. The first-order valence-corrected chi connectivity index (χ1v) is 8.84. The van der Waals surface area contributed by atoms with E-state index in [9.17, 15) is 15.0 Å². The van der Waals surface area contributed by atoms with Crippen LogP contribution in [0, 0.1) is 0 Å². The highest BCUT2D eigenvalue weighted by molar-refractivity contribution is 5.76. The fourth-order valence-electron chi connectivity index (χ4n) is 2.90. The van der Waals surface area contributed by atoms with Crippen LogP contribution in [0.5, 0.6) is 0 Å². The van der Waals surface area contributed by atoms with E-state index in [1.165, 1.54) is 0 Å². The van der Waals surface area contributed by atoms with Crippen LogP contribution in [0.2, 0.25) is 0 Å². The number of guanidine groups is 1. The number of rotatable bonds is 10. The van der Waals surface area contributed by atoms with E-state index in [0.717, 1.165) is 32.1 Å². The zero-order valence-electron chi connectivity index (χ0n) is 14.8. The van der Waals surface area contributed by atoms with Crippen molar-refractivity contribution in [3.63, 3.8) is 0 Å². The Kier molecular flexibility index (Phi) is 9.73. The molecule has 0 aliphatic carbocycles. The van der Waals surface area contributed by atoms with E-state index in [4.69, 9.17) is 21.3 Å². The minimum Gasteiger partial charge on any atom is -0.394 e. The number of nitrogens with zero attached hydrogens (tertiary/aromatic N) is 1. The summed E-state index contributed by atoms with van der Waals surface area (Å²) >= 11 is 0. The van der Waals surface area contributed by atoms with Gasteiger partial charge >= 0.3 is 0 Å². The molecule has 25 heavy (non-hydrogen) atoms. The fourth-order valence-corrected chi connectivity index (χ4v) is 2.90. The number of hydrogen-bond acceptors (Lipinski definition) is 6. The highest BCUT2D eigenvalue weighted by atomic mass is 16.5. The highest BCUT2D eigenvalue weighted by Crippen LogP contribution is 2.21. The third-order valence-electron chi connectivity index (χ3n) is 4.36. The van der Waals surface area contributed by atoms with Crippen molar-refractivity contribution in [1.29, 1.82) is 0 Å². The number of unbranched alkanes of at least 4 members (excludes halogenated alkanes) is 4. The predicted molar refractivity (Wildman–Crippen MR) is 93.7 cm³/mol. The van der Waals surface area contributed by atoms with Crippen LogP contribution in [0.3, 0.4) is 0 Å². The molecule has 0 aromatic rings. The zero-order valence-corrected chi connectivity index (χ0v) is 14.8. The number of aliphatic hydroxyl groups is 3. The van der Waals surface area contributed by atoms with E-state index >= 15 is 0 Å². The average molecular weight is 360 g/mol. The van der Waals surface area contributed by atoms with Gasteiger partial charge in [0.05, 0.1) is 18.8 Å². The molecule has 0 aromatic heterocycles. The largest absolute Gasteiger partial charge is 0.394 e. The first kappa shape index (κ1) is 21.6. The standard InChI is InChI=1S/C16H32N4O5/c1-10-13(15(24)14(23)11(9-21)25-10)20-12(22)7-5-3-2-4-6-8-19-16(17)18/h10-11,13-15,21,23-24H,2-9H2,1H3,(H,20,22)(H4,17,18,19)/t10-,11?,13?,14+,15?/m0/s1. The average Bonchev–Trinajstić information content (AvgIpc) is 2.57. The van der Waals surface area contributed by atoms with Crippen LogP contribution in [0.25, 0.3) is 0 Å². The molecule has 9 heteroatoms. The Balaban J connectivity index is 2.20. The van der Waals surface area contributed by atoms with Crippen molar-refractivity contribution in [1.82, 2.24) is 5.32 Å². The lowest BCUT2D eigenvalue weighted by molar-refractivity contribution is -0.190. The van der Waals surface area contributed by atoms with Crippen molar-refractivity contribution in [3.05, 3.63) is 0 Å². The Hall–Kier alpha value is -1.42. The van der Waals surface area contributed by atoms with Crippen molar-refractivity contribution in [3.8, 4) is 0 Å². The molecule has 5 atom stereocenters. The molecule has 1 saturated heterocycles. The zero-order chi connectivity index (χ0) is 18.8. The summed E-state index contributed by atoms with van der Waals surface area (Å²) in [5.41, 5.74) is 10.5. The molecule has 0 saturated carbocycles. The van der Waals surface area contributed by atoms with Gasteiger partial charge in [0.2, 0.25) is 5.91 Å². The summed E-state index contributed by atoms with van der Waals surface area (Å²) < 4.78 is 5.43. The molecule has 1 heterocycles. The number of hydrogen-bond donors (Lipinski definition) is 6. The number of nitrogens with one attached hydrogen (secondary N) is 1. The van der Waals surface area contributed by atoms with Gasteiger partial charge in [0, 0.05) is 13.0 Å². The van der Waals surface area contributed by atoms with E-state index in [0.29, 0.717) is 13.0 Å². The SMILES string of the molecule is C[C@@H]1OC(CO)[C@@H](O)C(O)C1NC(=O)CCCCCCCN=C(N)N. The van der Waals surface area contributed by atoms with Crippen LogP contribution < -0.4 is 16.8 Å². The van der Waals surface area contributed by atoms with Gasteiger partial charge in [-0.05, 0) is 19.8 Å². The normalized spacial score (nSPS) is 29.2. The Labute approximate surface area is 148 Å². The Morgan fingerprint density at radius 3 is 2.40 bits per heavy atom.